The van der Waals surface area contributed by atoms with E-state index in [0.717, 1.165) is 4.57 Å². The number of nitrogens with zero attached hydrogens (tertiary/aromatic N) is 4. The fraction of sp³-hybridized carbons (Fsp3) is 0.357. The lowest BCUT2D eigenvalue weighted by Crippen LogP contribution is -2.17. The Balaban J connectivity index is 1.61. The molecule has 10 nitrogen and oxygen atoms in total. The fourth-order valence-corrected chi connectivity index (χ4v) is 5.07. The number of hydrogen-bond donors (Lipinski definition) is 0. The highest BCUT2D eigenvalue weighted by Crippen LogP contribution is 2.47. The molecule has 0 fully saturated rings. The van der Waals surface area contributed by atoms with E-state index in [1.165, 1.54) is 45.7 Å². The van der Waals surface area contributed by atoms with Gasteiger partial charge < -0.3 is 23.4 Å². The first-order chi connectivity index (χ1) is 20.1. The minimum atomic E-state index is -4.82. The second kappa shape index (κ2) is 12.0. The number of aryl methyl sites for hydroxylation is 1. The summed E-state index contributed by atoms with van der Waals surface area (Å²) in [5.74, 6) is -0.211. The Morgan fingerprint density at radius 3 is 2.62 bits per heavy atom. The van der Waals surface area contributed by atoms with Gasteiger partial charge >= 0.3 is 12.1 Å². The molecule has 0 saturated carbocycles. The van der Waals surface area contributed by atoms with Crippen LogP contribution >= 0.6 is 11.6 Å². The number of ether oxygens (including phenoxy) is 4. The van der Waals surface area contributed by atoms with Gasteiger partial charge in [-0.25, -0.2) is 4.98 Å². The maximum absolute atomic E-state index is 14.2. The summed E-state index contributed by atoms with van der Waals surface area (Å²) in [4.78, 5) is 15.7. The largest absolute Gasteiger partial charge is 0.493 e. The van der Waals surface area contributed by atoms with E-state index in [1.54, 1.807) is 18.2 Å². The number of benzene rings is 2. The highest BCUT2D eigenvalue weighted by atomic mass is 35.5. The number of aromatic nitrogens is 4. The third kappa shape index (κ3) is 5.79. The average molecular weight is 607 g/mol. The molecule has 0 saturated heterocycles. The van der Waals surface area contributed by atoms with Crippen LogP contribution in [-0.2, 0) is 33.3 Å². The van der Waals surface area contributed by atoms with Gasteiger partial charge in [0, 0.05) is 29.0 Å². The third-order valence-corrected chi connectivity index (χ3v) is 6.99. The summed E-state index contributed by atoms with van der Waals surface area (Å²) in [6, 6.07) is 9.64. The van der Waals surface area contributed by atoms with Crippen LogP contribution in [0.1, 0.15) is 59.5 Å². The molecule has 0 spiro atoms. The Kier molecular flexibility index (Phi) is 8.41. The van der Waals surface area contributed by atoms with Gasteiger partial charge in [0.2, 0.25) is 5.82 Å². The lowest BCUT2D eigenvalue weighted by atomic mass is 9.98. The number of esters is 1. The minimum Gasteiger partial charge on any atom is -0.493 e. The monoisotopic (exact) mass is 606 g/mol. The van der Waals surface area contributed by atoms with E-state index in [2.05, 4.69) is 19.9 Å². The van der Waals surface area contributed by atoms with E-state index in [1.807, 2.05) is 0 Å². The number of oxazole rings is 1. The standard InChI is InChI=1S/C28H26ClF3N4O6/c1-38-20-8-5-7-17(25(20)40-3)24-18-12-15(29)10-11-19(18)36-26(34-35-27(36)28(30,31)32)21(42-24)13-22-33-14-16(41-22)6-4-9-23(37)39-2/h5,7-8,10-12,14,21,24H,4,6,9,13H2,1-3H3/t21-,24-/m1/s1. The number of carbonyl (C=O) groups excluding carboxylic acids is 1. The number of fused-ring (bicyclic) bond motifs is 3. The predicted molar refractivity (Wildman–Crippen MR) is 142 cm³/mol. The van der Waals surface area contributed by atoms with Crippen molar-refractivity contribution in [3.05, 3.63) is 82.0 Å². The maximum Gasteiger partial charge on any atom is 0.452 e. The molecule has 0 bridgehead atoms. The first-order valence-corrected chi connectivity index (χ1v) is 13.2. The molecule has 0 aliphatic carbocycles. The van der Waals surface area contributed by atoms with Gasteiger partial charge in [-0.15, -0.1) is 10.2 Å². The third-order valence-electron chi connectivity index (χ3n) is 6.75. The smallest absolute Gasteiger partial charge is 0.452 e. The average Bonchev–Trinajstić information content (AvgIpc) is 3.59. The van der Waals surface area contributed by atoms with Gasteiger partial charge in [0.25, 0.3) is 0 Å². The molecule has 2 aromatic carbocycles. The molecular formula is C28H26ClF3N4O6. The topological polar surface area (TPSA) is 111 Å². The maximum atomic E-state index is 14.2. The van der Waals surface area contributed by atoms with E-state index in [-0.39, 0.29) is 41.2 Å². The van der Waals surface area contributed by atoms with Gasteiger partial charge in [0.05, 0.1) is 39.6 Å². The number of para-hydroxylation sites is 1. The van der Waals surface area contributed by atoms with Crippen LogP contribution in [0.3, 0.4) is 0 Å². The number of carbonyl (C=O) groups is 1. The molecular weight excluding hydrogens is 581 g/mol. The highest BCUT2D eigenvalue weighted by Gasteiger charge is 2.43. The molecule has 3 heterocycles. The lowest BCUT2D eigenvalue weighted by Gasteiger charge is -2.24. The van der Waals surface area contributed by atoms with Crippen LogP contribution in [0, 0.1) is 0 Å². The molecule has 0 unspecified atom stereocenters. The zero-order valence-electron chi connectivity index (χ0n) is 22.8. The van der Waals surface area contributed by atoms with E-state index >= 15 is 0 Å². The van der Waals surface area contributed by atoms with E-state index < -0.39 is 24.2 Å². The van der Waals surface area contributed by atoms with Crippen LogP contribution in [0.15, 0.2) is 47.0 Å². The Morgan fingerprint density at radius 1 is 1.10 bits per heavy atom. The number of hydrogen-bond acceptors (Lipinski definition) is 9. The Hall–Kier alpha value is -4.10. The predicted octanol–water partition coefficient (Wildman–Crippen LogP) is 5.84. The summed E-state index contributed by atoms with van der Waals surface area (Å²) in [6.45, 7) is 0. The Morgan fingerprint density at radius 2 is 1.90 bits per heavy atom. The summed E-state index contributed by atoms with van der Waals surface area (Å²) >= 11 is 6.36. The van der Waals surface area contributed by atoms with Gasteiger partial charge in [-0.2, -0.15) is 13.2 Å². The second-order valence-electron chi connectivity index (χ2n) is 9.36. The summed E-state index contributed by atoms with van der Waals surface area (Å²) in [7, 11) is 4.25. The zero-order valence-corrected chi connectivity index (χ0v) is 23.5. The van der Waals surface area contributed by atoms with Crippen LogP contribution in [0.25, 0.3) is 5.69 Å². The molecule has 4 aromatic rings. The molecule has 42 heavy (non-hydrogen) atoms. The highest BCUT2D eigenvalue weighted by molar-refractivity contribution is 6.30. The van der Waals surface area contributed by atoms with Crippen LogP contribution in [-0.4, -0.2) is 47.0 Å². The fourth-order valence-electron chi connectivity index (χ4n) is 4.89. The van der Waals surface area contributed by atoms with E-state index in [0.29, 0.717) is 41.2 Å². The van der Waals surface area contributed by atoms with E-state index in [9.17, 15) is 18.0 Å². The van der Waals surface area contributed by atoms with Crippen LogP contribution < -0.4 is 9.47 Å². The van der Waals surface area contributed by atoms with Crippen molar-refractivity contribution in [2.24, 2.45) is 0 Å². The lowest BCUT2D eigenvalue weighted by molar-refractivity contribution is -0.146. The summed E-state index contributed by atoms with van der Waals surface area (Å²) in [6.07, 6.45) is -4.37. The molecule has 1 aliphatic heterocycles. The van der Waals surface area contributed by atoms with Gasteiger partial charge in [-0.3, -0.25) is 9.36 Å². The first kappa shape index (κ1) is 29.4. The number of alkyl halides is 3. The summed E-state index contributed by atoms with van der Waals surface area (Å²) in [5, 5.41) is 7.71. The molecule has 2 aromatic heterocycles. The molecule has 14 heteroatoms. The van der Waals surface area contributed by atoms with Crippen LogP contribution in [0.2, 0.25) is 5.02 Å². The summed E-state index contributed by atoms with van der Waals surface area (Å²) < 4.78 is 71.8. The molecule has 5 rings (SSSR count). The molecule has 0 amide bonds. The van der Waals surface area contributed by atoms with E-state index in [4.69, 9.17) is 30.2 Å². The molecule has 0 radical (unpaired) electrons. The molecule has 0 N–H and O–H groups in total. The van der Waals surface area contributed by atoms with Gasteiger partial charge in [0.15, 0.2) is 23.2 Å². The zero-order chi connectivity index (χ0) is 30.0. The van der Waals surface area contributed by atoms with Crippen molar-refractivity contribution in [1.82, 2.24) is 19.7 Å². The van der Waals surface area contributed by atoms with Crippen molar-refractivity contribution < 1.29 is 41.3 Å². The van der Waals surface area contributed by atoms with Crippen molar-refractivity contribution in [3.63, 3.8) is 0 Å². The summed E-state index contributed by atoms with van der Waals surface area (Å²) in [5.41, 5.74) is 0.965. The van der Waals surface area contributed by atoms with Crippen molar-refractivity contribution in [2.45, 2.75) is 44.1 Å². The number of halogens is 4. The molecule has 222 valence electrons. The van der Waals surface area contributed by atoms with Crippen molar-refractivity contribution >= 4 is 17.6 Å². The Labute approximate surface area is 243 Å². The second-order valence-corrected chi connectivity index (χ2v) is 9.80. The van der Waals surface area contributed by atoms with Crippen LogP contribution in [0.5, 0.6) is 11.5 Å². The molecule has 1 aliphatic rings. The van der Waals surface area contributed by atoms with Gasteiger partial charge in [-0.1, -0.05) is 23.7 Å². The van der Waals surface area contributed by atoms with Gasteiger partial charge in [-0.05, 0) is 30.7 Å². The minimum absolute atomic E-state index is 0.0719. The Bertz CT molecular complexity index is 1590. The van der Waals surface area contributed by atoms with Crippen molar-refractivity contribution in [2.75, 3.05) is 21.3 Å². The number of rotatable bonds is 9. The number of methoxy groups -OCH3 is 3. The first-order valence-electron chi connectivity index (χ1n) is 12.8. The van der Waals surface area contributed by atoms with Gasteiger partial charge in [0.1, 0.15) is 18.0 Å². The molecule has 2 atom stereocenters. The quantitative estimate of drug-likeness (QED) is 0.217. The normalized spacial score (nSPS) is 16.4. The SMILES string of the molecule is COC(=O)CCCc1cnc(C[C@H]2O[C@H](c3cccc(OC)c3OC)c3cc(Cl)ccc3-n3c2nnc3C(F)(F)F)o1. The van der Waals surface area contributed by atoms with Crippen molar-refractivity contribution in [3.8, 4) is 17.2 Å². The van der Waals surface area contributed by atoms with Crippen molar-refractivity contribution in [1.29, 1.82) is 0 Å². The van der Waals surface area contributed by atoms with Crippen LogP contribution in [0.4, 0.5) is 13.2 Å².